The lowest BCUT2D eigenvalue weighted by atomic mass is 9.87. The van der Waals surface area contributed by atoms with Gasteiger partial charge in [-0.1, -0.05) is 19.9 Å². The van der Waals surface area contributed by atoms with Gasteiger partial charge in [0.25, 0.3) is 5.91 Å². The zero-order chi connectivity index (χ0) is 15.0. The second kappa shape index (κ2) is 5.68. The van der Waals surface area contributed by atoms with Gasteiger partial charge in [0.15, 0.2) is 0 Å². The van der Waals surface area contributed by atoms with E-state index in [0.29, 0.717) is 17.8 Å². The molecule has 1 aromatic rings. The molecule has 21 heavy (non-hydrogen) atoms. The second-order valence-corrected chi connectivity index (χ2v) is 6.87. The lowest BCUT2D eigenvalue weighted by molar-refractivity contribution is 0.0951. The lowest BCUT2D eigenvalue weighted by Gasteiger charge is -2.17. The van der Waals surface area contributed by atoms with E-state index in [-0.39, 0.29) is 5.91 Å². The van der Waals surface area contributed by atoms with E-state index in [1.54, 1.807) is 0 Å². The summed E-state index contributed by atoms with van der Waals surface area (Å²) in [6.45, 7) is 8.19. The number of hydrogen-bond donors (Lipinski definition) is 2. The molecule has 2 aliphatic rings. The number of nitrogens with zero attached hydrogens (tertiary/aromatic N) is 1. The number of carbonyl (C=O) groups is 1. The van der Waals surface area contributed by atoms with Crippen LogP contribution in [0, 0.1) is 11.8 Å². The first-order valence-electron chi connectivity index (χ1n) is 7.89. The van der Waals surface area contributed by atoms with Crippen molar-refractivity contribution in [1.29, 1.82) is 0 Å². The molecule has 2 atom stereocenters. The third kappa shape index (κ3) is 2.91. The third-order valence-electron chi connectivity index (χ3n) is 4.56. The lowest BCUT2D eigenvalue weighted by Crippen LogP contribution is -2.29. The Hall–Kier alpha value is -1.55. The van der Waals surface area contributed by atoms with Crippen LogP contribution in [0.1, 0.15) is 35.7 Å². The second-order valence-electron chi connectivity index (χ2n) is 6.87. The number of amides is 1. The van der Waals surface area contributed by atoms with Gasteiger partial charge in [-0.05, 0) is 36.6 Å². The fraction of sp³-hybridized carbons (Fsp3) is 0.588. The van der Waals surface area contributed by atoms with E-state index in [1.807, 2.05) is 6.07 Å². The number of likely N-dealkylation sites (N-methyl/N-ethyl adjacent to an activating group) is 1. The Morgan fingerprint density at radius 1 is 1.38 bits per heavy atom. The number of likely N-dealkylation sites (tertiary alicyclic amines) is 1. The van der Waals surface area contributed by atoms with Gasteiger partial charge in [0, 0.05) is 43.3 Å². The van der Waals surface area contributed by atoms with Crippen LogP contribution in [0.4, 0.5) is 5.69 Å². The number of fused-ring (bicyclic) bond motifs is 3. The standard InChI is InChI=1S/C17H25N3O/c1-11(2)7-18-13-4-5-14-15(6-13)17(21)19-8-12-9-20(3)10-16(12)14/h4-6,11-12,16,18H,7-10H2,1-3H3,(H,19,21). The highest BCUT2D eigenvalue weighted by Crippen LogP contribution is 2.36. The van der Waals surface area contributed by atoms with Crippen LogP contribution in [0.15, 0.2) is 18.2 Å². The van der Waals surface area contributed by atoms with Crippen molar-refractivity contribution >= 4 is 11.6 Å². The van der Waals surface area contributed by atoms with Crippen LogP contribution in [-0.2, 0) is 0 Å². The third-order valence-corrected chi connectivity index (χ3v) is 4.56. The highest BCUT2D eigenvalue weighted by atomic mass is 16.1. The van der Waals surface area contributed by atoms with Crippen molar-refractivity contribution in [2.45, 2.75) is 19.8 Å². The molecule has 0 bridgehead atoms. The number of anilines is 1. The molecule has 0 aliphatic carbocycles. The summed E-state index contributed by atoms with van der Waals surface area (Å²) in [5.74, 6) is 1.68. The van der Waals surface area contributed by atoms with Gasteiger partial charge in [-0.2, -0.15) is 0 Å². The molecule has 1 saturated heterocycles. The molecule has 2 heterocycles. The van der Waals surface area contributed by atoms with Crippen molar-refractivity contribution in [3.8, 4) is 0 Å². The van der Waals surface area contributed by atoms with Crippen molar-refractivity contribution in [1.82, 2.24) is 10.2 Å². The van der Waals surface area contributed by atoms with E-state index in [9.17, 15) is 4.79 Å². The van der Waals surface area contributed by atoms with Crippen LogP contribution in [0.25, 0.3) is 0 Å². The summed E-state index contributed by atoms with van der Waals surface area (Å²) in [5.41, 5.74) is 3.11. The molecular formula is C17H25N3O. The van der Waals surface area contributed by atoms with Crippen molar-refractivity contribution < 1.29 is 4.79 Å². The van der Waals surface area contributed by atoms with Crippen molar-refractivity contribution in [2.75, 3.05) is 38.5 Å². The van der Waals surface area contributed by atoms with Crippen molar-refractivity contribution in [2.24, 2.45) is 11.8 Å². The van der Waals surface area contributed by atoms with Gasteiger partial charge in [-0.15, -0.1) is 0 Å². The van der Waals surface area contributed by atoms with Gasteiger partial charge in [-0.25, -0.2) is 0 Å². The maximum atomic E-state index is 12.4. The van der Waals surface area contributed by atoms with Crippen LogP contribution in [0.3, 0.4) is 0 Å². The normalized spacial score (nSPS) is 25.2. The maximum Gasteiger partial charge on any atom is 0.251 e. The molecule has 2 unspecified atom stereocenters. The average Bonchev–Trinajstić information content (AvgIpc) is 2.77. The molecular weight excluding hydrogens is 262 g/mol. The van der Waals surface area contributed by atoms with Gasteiger partial charge in [-0.3, -0.25) is 4.79 Å². The average molecular weight is 287 g/mol. The predicted molar refractivity (Wildman–Crippen MR) is 85.8 cm³/mol. The summed E-state index contributed by atoms with van der Waals surface area (Å²) in [5, 5.41) is 6.50. The van der Waals surface area contributed by atoms with E-state index in [4.69, 9.17) is 0 Å². The van der Waals surface area contributed by atoms with Gasteiger partial charge >= 0.3 is 0 Å². The summed E-state index contributed by atoms with van der Waals surface area (Å²) >= 11 is 0. The Balaban J connectivity index is 1.90. The quantitative estimate of drug-likeness (QED) is 0.895. The van der Waals surface area contributed by atoms with E-state index >= 15 is 0 Å². The van der Waals surface area contributed by atoms with Crippen LogP contribution >= 0.6 is 0 Å². The van der Waals surface area contributed by atoms with E-state index in [0.717, 1.165) is 37.4 Å². The molecule has 0 spiro atoms. The fourth-order valence-corrected chi connectivity index (χ4v) is 3.47. The molecule has 0 saturated carbocycles. The molecule has 114 valence electrons. The van der Waals surface area contributed by atoms with Gasteiger partial charge in [0.1, 0.15) is 0 Å². The topological polar surface area (TPSA) is 44.4 Å². The molecule has 2 N–H and O–H groups in total. The first-order chi connectivity index (χ1) is 10.0. The summed E-state index contributed by atoms with van der Waals surface area (Å²) in [7, 11) is 2.16. The van der Waals surface area contributed by atoms with Crippen LogP contribution in [0.5, 0.6) is 0 Å². The molecule has 4 nitrogen and oxygen atoms in total. The number of nitrogens with one attached hydrogen (secondary N) is 2. The van der Waals surface area contributed by atoms with Crippen LogP contribution in [0.2, 0.25) is 0 Å². The van der Waals surface area contributed by atoms with Crippen LogP contribution < -0.4 is 10.6 Å². The zero-order valence-corrected chi connectivity index (χ0v) is 13.1. The number of rotatable bonds is 3. The predicted octanol–water partition coefficient (Wildman–Crippen LogP) is 2.14. The Morgan fingerprint density at radius 2 is 2.19 bits per heavy atom. The minimum atomic E-state index is 0.0789. The minimum absolute atomic E-state index is 0.0789. The largest absolute Gasteiger partial charge is 0.385 e. The van der Waals surface area contributed by atoms with Gasteiger partial charge in [0.05, 0.1) is 0 Å². The molecule has 4 heteroatoms. The Morgan fingerprint density at radius 3 is 2.95 bits per heavy atom. The minimum Gasteiger partial charge on any atom is -0.385 e. The van der Waals surface area contributed by atoms with Crippen LogP contribution in [-0.4, -0.2) is 44.0 Å². The Bertz CT molecular complexity index is 541. The summed E-state index contributed by atoms with van der Waals surface area (Å²) < 4.78 is 0. The monoisotopic (exact) mass is 287 g/mol. The first-order valence-corrected chi connectivity index (χ1v) is 7.89. The molecule has 1 fully saturated rings. The summed E-state index contributed by atoms with van der Waals surface area (Å²) in [6, 6.07) is 6.29. The SMILES string of the molecule is CC(C)CNc1ccc2c(c1)C(=O)NCC1CN(C)CC21. The summed E-state index contributed by atoms with van der Waals surface area (Å²) in [6.07, 6.45) is 0. The van der Waals surface area contributed by atoms with Crippen molar-refractivity contribution in [3.63, 3.8) is 0 Å². The Kier molecular flexibility index (Phi) is 3.89. The highest BCUT2D eigenvalue weighted by molar-refractivity contribution is 5.97. The number of carbonyl (C=O) groups excluding carboxylic acids is 1. The van der Waals surface area contributed by atoms with Crippen molar-refractivity contribution in [3.05, 3.63) is 29.3 Å². The van der Waals surface area contributed by atoms with E-state index in [2.05, 4.69) is 48.6 Å². The van der Waals surface area contributed by atoms with Gasteiger partial charge in [0.2, 0.25) is 0 Å². The number of hydrogen-bond acceptors (Lipinski definition) is 3. The number of benzene rings is 1. The molecule has 1 amide bonds. The smallest absolute Gasteiger partial charge is 0.251 e. The molecule has 1 aromatic carbocycles. The fourth-order valence-electron chi connectivity index (χ4n) is 3.47. The zero-order valence-electron chi connectivity index (χ0n) is 13.1. The molecule has 2 aliphatic heterocycles. The maximum absolute atomic E-state index is 12.4. The van der Waals surface area contributed by atoms with E-state index < -0.39 is 0 Å². The first kappa shape index (κ1) is 14.4. The molecule has 3 rings (SSSR count). The van der Waals surface area contributed by atoms with Gasteiger partial charge < -0.3 is 15.5 Å². The highest BCUT2D eigenvalue weighted by Gasteiger charge is 2.36. The Labute approximate surface area is 126 Å². The molecule has 0 aromatic heterocycles. The summed E-state index contributed by atoms with van der Waals surface area (Å²) in [4.78, 5) is 14.7. The molecule has 0 radical (unpaired) electrons. The van der Waals surface area contributed by atoms with E-state index in [1.165, 1.54) is 5.56 Å².